The summed E-state index contributed by atoms with van der Waals surface area (Å²) in [6, 6.07) is 9.08. The molecule has 20 heavy (non-hydrogen) atoms. The number of nitrogens with one attached hydrogen (secondary N) is 1. The van der Waals surface area contributed by atoms with Gasteiger partial charge in [-0.1, -0.05) is 39.8 Å². The Bertz CT molecular complexity index is 398. The fourth-order valence-corrected chi connectivity index (χ4v) is 2.81. The summed E-state index contributed by atoms with van der Waals surface area (Å²) >= 11 is 0. The van der Waals surface area contributed by atoms with Crippen LogP contribution in [0.5, 0.6) is 5.75 Å². The lowest BCUT2D eigenvalue weighted by molar-refractivity contribution is 0.101. The minimum Gasteiger partial charge on any atom is -0.490 e. The molecule has 0 amide bonds. The molecule has 0 aromatic heterocycles. The molecule has 1 fully saturated rings. The monoisotopic (exact) mass is 275 g/mol. The Morgan fingerprint density at radius 2 is 1.80 bits per heavy atom. The van der Waals surface area contributed by atoms with Crippen LogP contribution in [0.15, 0.2) is 24.3 Å². The van der Waals surface area contributed by atoms with Crippen LogP contribution in [0.4, 0.5) is 0 Å². The highest BCUT2D eigenvalue weighted by atomic mass is 16.5. The highest BCUT2D eigenvalue weighted by molar-refractivity contribution is 5.27. The second-order valence-corrected chi connectivity index (χ2v) is 6.69. The Kier molecular flexibility index (Phi) is 5.47. The zero-order valence-corrected chi connectivity index (χ0v) is 13.4. The Hall–Kier alpha value is -1.02. The molecule has 0 bridgehead atoms. The van der Waals surface area contributed by atoms with E-state index in [2.05, 4.69) is 57.3 Å². The third kappa shape index (κ3) is 4.52. The van der Waals surface area contributed by atoms with Gasteiger partial charge in [0, 0.05) is 12.6 Å². The van der Waals surface area contributed by atoms with Crippen molar-refractivity contribution < 1.29 is 4.74 Å². The van der Waals surface area contributed by atoms with Crippen LogP contribution < -0.4 is 10.1 Å². The first kappa shape index (κ1) is 15.4. The van der Waals surface area contributed by atoms with Gasteiger partial charge in [-0.15, -0.1) is 0 Å². The minimum absolute atomic E-state index is 0.404. The quantitative estimate of drug-likeness (QED) is 0.860. The highest BCUT2D eigenvalue weighted by Crippen LogP contribution is 2.31. The van der Waals surface area contributed by atoms with E-state index >= 15 is 0 Å². The fourth-order valence-electron chi connectivity index (χ4n) is 2.81. The molecule has 2 rings (SSSR count). The first-order valence-electron chi connectivity index (χ1n) is 8.03. The molecule has 0 spiro atoms. The van der Waals surface area contributed by atoms with E-state index in [9.17, 15) is 0 Å². The van der Waals surface area contributed by atoms with Crippen molar-refractivity contribution in [3.63, 3.8) is 0 Å². The Labute approximate surface area is 123 Å². The molecule has 2 nitrogen and oxygen atoms in total. The summed E-state index contributed by atoms with van der Waals surface area (Å²) in [6.07, 6.45) is 4.09. The molecule has 0 heterocycles. The maximum atomic E-state index is 6.13. The molecule has 0 aliphatic heterocycles. The van der Waals surface area contributed by atoms with Gasteiger partial charge >= 0.3 is 0 Å². The predicted molar refractivity (Wildman–Crippen MR) is 85.0 cm³/mol. The van der Waals surface area contributed by atoms with Crippen LogP contribution in [0.2, 0.25) is 0 Å². The van der Waals surface area contributed by atoms with Crippen LogP contribution in [0.25, 0.3) is 0 Å². The van der Waals surface area contributed by atoms with Crippen molar-refractivity contribution in [3.8, 4) is 5.75 Å². The first-order chi connectivity index (χ1) is 9.54. The van der Waals surface area contributed by atoms with Gasteiger partial charge < -0.3 is 10.1 Å². The zero-order chi connectivity index (χ0) is 14.5. The smallest absolute Gasteiger partial charge is 0.119 e. The van der Waals surface area contributed by atoms with Crippen LogP contribution in [0, 0.1) is 11.8 Å². The summed E-state index contributed by atoms with van der Waals surface area (Å²) in [5.74, 6) is 2.65. The minimum atomic E-state index is 0.404. The van der Waals surface area contributed by atoms with Gasteiger partial charge in [0.2, 0.25) is 0 Å². The molecule has 1 aliphatic rings. The highest BCUT2D eigenvalue weighted by Gasteiger charge is 2.25. The molecule has 1 aliphatic carbocycles. The summed E-state index contributed by atoms with van der Waals surface area (Å²) in [7, 11) is 0. The van der Waals surface area contributed by atoms with E-state index in [0.29, 0.717) is 12.1 Å². The van der Waals surface area contributed by atoms with Crippen molar-refractivity contribution in [2.24, 2.45) is 11.8 Å². The maximum Gasteiger partial charge on any atom is 0.119 e. The van der Waals surface area contributed by atoms with Crippen molar-refractivity contribution in [2.75, 3.05) is 0 Å². The number of hydrogen-bond acceptors (Lipinski definition) is 2. The largest absolute Gasteiger partial charge is 0.490 e. The maximum absolute atomic E-state index is 6.13. The SMILES string of the molecule is CC(C)NCc1ccc(OC2CCC(C)C(C)C2)cc1. The molecule has 0 radical (unpaired) electrons. The summed E-state index contributed by atoms with van der Waals surface area (Å²) in [5.41, 5.74) is 1.32. The molecular formula is C18H29NO. The number of hydrogen-bond donors (Lipinski definition) is 1. The topological polar surface area (TPSA) is 21.3 Å². The van der Waals surface area contributed by atoms with Crippen molar-refractivity contribution in [1.29, 1.82) is 0 Å². The second kappa shape index (κ2) is 7.12. The van der Waals surface area contributed by atoms with Crippen molar-refractivity contribution >= 4 is 0 Å². The third-order valence-electron chi connectivity index (χ3n) is 4.49. The van der Waals surface area contributed by atoms with Crippen LogP contribution in [0.3, 0.4) is 0 Å². The number of ether oxygens (including phenoxy) is 1. The van der Waals surface area contributed by atoms with Crippen LogP contribution in [-0.4, -0.2) is 12.1 Å². The van der Waals surface area contributed by atoms with Gasteiger partial charge in [-0.3, -0.25) is 0 Å². The number of benzene rings is 1. The molecule has 3 unspecified atom stereocenters. The third-order valence-corrected chi connectivity index (χ3v) is 4.49. The molecule has 112 valence electrons. The van der Waals surface area contributed by atoms with Crippen molar-refractivity contribution in [3.05, 3.63) is 29.8 Å². The van der Waals surface area contributed by atoms with E-state index in [-0.39, 0.29) is 0 Å². The van der Waals surface area contributed by atoms with Gasteiger partial charge in [0.05, 0.1) is 6.10 Å². The van der Waals surface area contributed by atoms with Crippen LogP contribution in [-0.2, 0) is 6.54 Å². The Morgan fingerprint density at radius 1 is 1.10 bits per heavy atom. The summed E-state index contributed by atoms with van der Waals surface area (Å²) < 4.78 is 6.13. The van der Waals surface area contributed by atoms with Crippen LogP contribution >= 0.6 is 0 Å². The summed E-state index contributed by atoms with van der Waals surface area (Å²) in [5, 5.41) is 3.43. The van der Waals surface area contributed by atoms with E-state index in [1.54, 1.807) is 0 Å². The fraction of sp³-hybridized carbons (Fsp3) is 0.667. The van der Waals surface area contributed by atoms with Gasteiger partial charge in [-0.25, -0.2) is 0 Å². The molecular weight excluding hydrogens is 246 g/mol. The Morgan fingerprint density at radius 3 is 2.40 bits per heavy atom. The second-order valence-electron chi connectivity index (χ2n) is 6.69. The van der Waals surface area contributed by atoms with Gasteiger partial charge in [0.1, 0.15) is 5.75 Å². The van der Waals surface area contributed by atoms with E-state index < -0.39 is 0 Å². The lowest BCUT2D eigenvalue weighted by Crippen LogP contribution is -2.28. The van der Waals surface area contributed by atoms with E-state index in [0.717, 1.165) is 24.1 Å². The summed E-state index contributed by atoms with van der Waals surface area (Å²) in [4.78, 5) is 0. The molecule has 1 N–H and O–H groups in total. The van der Waals surface area contributed by atoms with Gasteiger partial charge in [0.15, 0.2) is 0 Å². The molecule has 1 aromatic rings. The molecule has 2 heteroatoms. The van der Waals surface area contributed by atoms with E-state index in [1.807, 2.05) is 0 Å². The van der Waals surface area contributed by atoms with Crippen molar-refractivity contribution in [1.82, 2.24) is 5.32 Å². The predicted octanol–water partition coefficient (Wildman–Crippen LogP) is 4.39. The average Bonchev–Trinajstić information content (AvgIpc) is 2.42. The van der Waals surface area contributed by atoms with E-state index in [4.69, 9.17) is 4.74 Å². The molecule has 1 aromatic carbocycles. The van der Waals surface area contributed by atoms with Gasteiger partial charge in [-0.2, -0.15) is 0 Å². The number of rotatable bonds is 5. The Balaban J connectivity index is 1.84. The molecule has 1 saturated carbocycles. The zero-order valence-electron chi connectivity index (χ0n) is 13.4. The van der Waals surface area contributed by atoms with Gasteiger partial charge in [0.25, 0.3) is 0 Å². The average molecular weight is 275 g/mol. The first-order valence-corrected chi connectivity index (χ1v) is 8.03. The lowest BCUT2D eigenvalue weighted by Gasteiger charge is -2.32. The lowest BCUT2D eigenvalue weighted by atomic mass is 9.80. The van der Waals surface area contributed by atoms with Gasteiger partial charge in [-0.05, 0) is 48.8 Å². The normalized spacial score (nSPS) is 26.8. The van der Waals surface area contributed by atoms with Crippen LogP contribution in [0.1, 0.15) is 52.5 Å². The van der Waals surface area contributed by atoms with Crippen molar-refractivity contribution in [2.45, 2.75) is 65.6 Å². The molecule has 0 saturated heterocycles. The summed E-state index contributed by atoms with van der Waals surface area (Å²) in [6.45, 7) is 9.97. The van der Waals surface area contributed by atoms with E-state index in [1.165, 1.54) is 24.8 Å². The standard InChI is InChI=1S/C18H29NO/c1-13(2)19-12-16-6-9-17(10-7-16)20-18-8-5-14(3)15(4)11-18/h6-7,9-10,13-15,18-19H,5,8,11-12H2,1-4H3. The molecule has 3 atom stereocenters.